The fraction of sp³-hybridized carbons (Fsp3) is 0. The Kier molecular flexibility index (Phi) is 1.90. The summed E-state index contributed by atoms with van der Waals surface area (Å²) in [5.41, 5.74) is 6.45. The van der Waals surface area contributed by atoms with Gasteiger partial charge in [-0.2, -0.15) is 0 Å². The molecule has 0 saturated heterocycles. The number of anilines is 1. The molecular weight excluding hydrogens is 124 g/mol. The van der Waals surface area contributed by atoms with Gasteiger partial charge in [0.1, 0.15) is 7.85 Å². The molecule has 1 rings (SSSR count). The summed E-state index contributed by atoms with van der Waals surface area (Å²) < 4.78 is 4.42. The van der Waals surface area contributed by atoms with Gasteiger partial charge in [0, 0.05) is 5.69 Å². The molecule has 0 amide bonds. The highest BCUT2D eigenvalue weighted by atomic mass is 16.4. The number of nitrogen functional groups attached to an aromatic ring is 1. The Morgan fingerprint density at radius 1 is 1.40 bits per heavy atom. The number of rotatable bonds is 1. The molecule has 0 aliphatic rings. The van der Waals surface area contributed by atoms with Crippen molar-refractivity contribution in [2.75, 3.05) is 5.73 Å². The lowest BCUT2D eigenvalue weighted by Crippen LogP contribution is -2.08. The van der Waals surface area contributed by atoms with Crippen LogP contribution in [0, 0.1) is 0 Å². The van der Waals surface area contributed by atoms with Crippen molar-refractivity contribution in [3.63, 3.8) is 0 Å². The zero-order valence-corrected chi connectivity index (χ0v) is 5.37. The standard InChI is InChI=1S/C6H5B2NO/c7-5-3-4(9)1-2-6(5)10-8/h1-3H,9H2. The molecule has 2 nitrogen and oxygen atoms in total. The van der Waals surface area contributed by atoms with Gasteiger partial charge in [0.25, 0.3) is 0 Å². The Bertz CT molecular complexity index is 239. The summed E-state index contributed by atoms with van der Waals surface area (Å²) in [7, 11) is 10.3. The van der Waals surface area contributed by atoms with Crippen LogP contribution in [0.25, 0.3) is 0 Å². The maximum Gasteiger partial charge on any atom is 0.374 e. The smallest absolute Gasteiger partial charge is 0.374 e. The van der Waals surface area contributed by atoms with E-state index < -0.39 is 0 Å². The molecule has 0 aliphatic heterocycles. The van der Waals surface area contributed by atoms with E-state index in [9.17, 15) is 0 Å². The zero-order valence-electron chi connectivity index (χ0n) is 5.37. The summed E-state index contributed by atoms with van der Waals surface area (Å²) in [5, 5.41) is 0. The maximum atomic E-state index is 5.45. The zero-order chi connectivity index (χ0) is 7.56. The fourth-order valence-electron chi connectivity index (χ4n) is 0.674. The lowest BCUT2D eigenvalue weighted by Gasteiger charge is -2.04. The molecule has 0 aliphatic carbocycles. The van der Waals surface area contributed by atoms with Gasteiger partial charge in [0.05, 0.1) is 5.75 Å². The largest absolute Gasteiger partial charge is 0.568 e. The van der Waals surface area contributed by atoms with Crippen molar-refractivity contribution >= 4 is 27.0 Å². The molecule has 4 heteroatoms. The summed E-state index contributed by atoms with van der Waals surface area (Å²) in [5.74, 6) is 0.439. The molecule has 4 radical (unpaired) electrons. The lowest BCUT2D eigenvalue weighted by molar-refractivity contribution is 0.621. The van der Waals surface area contributed by atoms with Gasteiger partial charge in [-0.25, -0.2) is 0 Å². The van der Waals surface area contributed by atoms with E-state index in [2.05, 4.69) is 4.65 Å². The first-order chi connectivity index (χ1) is 4.74. The third-order valence-corrected chi connectivity index (χ3v) is 1.16. The minimum Gasteiger partial charge on any atom is -0.568 e. The molecule has 0 fully saturated rings. The first-order valence-electron chi connectivity index (χ1n) is 2.76. The van der Waals surface area contributed by atoms with E-state index in [0.717, 1.165) is 0 Å². The van der Waals surface area contributed by atoms with Gasteiger partial charge in [-0.15, -0.1) is 0 Å². The minimum atomic E-state index is 0.439. The second kappa shape index (κ2) is 2.69. The van der Waals surface area contributed by atoms with Crippen LogP contribution < -0.4 is 15.9 Å². The molecule has 0 saturated carbocycles. The quantitative estimate of drug-likeness (QED) is 0.410. The summed E-state index contributed by atoms with van der Waals surface area (Å²) in [6, 6.07) is 4.87. The van der Waals surface area contributed by atoms with Crippen LogP contribution in [-0.2, 0) is 0 Å². The second-order valence-electron chi connectivity index (χ2n) is 1.92. The molecule has 0 aromatic heterocycles. The summed E-state index contributed by atoms with van der Waals surface area (Å²) >= 11 is 0. The molecule has 1 aromatic carbocycles. The fourth-order valence-corrected chi connectivity index (χ4v) is 0.674. The van der Waals surface area contributed by atoms with E-state index in [-0.39, 0.29) is 0 Å². The van der Waals surface area contributed by atoms with Gasteiger partial charge in [-0.3, -0.25) is 0 Å². The Balaban J connectivity index is 3.07. The van der Waals surface area contributed by atoms with Gasteiger partial charge < -0.3 is 10.4 Å². The van der Waals surface area contributed by atoms with Crippen LogP contribution in [0.4, 0.5) is 5.69 Å². The number of hydrogen-bond donors (Lipinski definition) is 1. The molecule has 0 atom stereocenters. The van der Waals surface area contributed by atoms with Gasteiger partial charge >= 0.3 is 8.05 Å². The van der Waals surface area contributed by atoms with Crippen molar-refractivity contribution in [1.29, 1.82) is 0 Å². The molecule has 46 valence electrons. The van der Waals surface area contributed by atoms with Crippen LogP contribution in [0.2, 0.25) is 0 Å². The van der Waals surface area contributed by atoms with Gasteiger partial charge in [-0.05, 0) is 18.2 Å². The molecule has 2 N–H and O–H groups in total. The molecule has 0 bridgehead atoms. The molecule has 0 spiro atoms. The van der Waals surface area contributed by atoms with E-state index in [0.29, 0.717) is 16.9 Å². The van der Waals surface area contributed by atoms with Crippen molar-refractivity contribution < 1.29 is 4.65 Å². The Labute approximate surface area is 62.2 Å². The maximum absolute atomic E-state index is 5.45. The van der Waals surface area contributed by atoms with Crippen LogP contribution in [0.3, 0.4) is 0 Å². The molecule has 0 unspecified atom stereocenters. The van der Waals surface area contributed by atoms with Crippen LogP contribution in [0.1, 0.15) is 0 Å². The summed E-state index contributed by atoms with van der Waals surface area (Å²) in [6.45, 7) is 0. The average molecular weight is 129 g/mol. The highest BCUT2D eigenvalue weighted by molar-refractivity contribution is 6.34. The van der Waals surface area contributed by atoms with E-state index in [1.807, 2.05) is 0 Å². The number of nitrogens with two attached hydrogens (primary N) is 1. The van der Waals surface area contributed by atoms with Gasteiger partial charge in [0.2, 0.25) is 0 Å². The van der Waals surface area contributed by atoms with Crippen LogP contribution in [0.5, 0.6) is 5.75 Å². The predicted octanol–water partition coefficient (Wildman–Crippen LogP) is -0.475. The predicted molar refractivity (Wildman–Crippen MR) is 42.6 cm³/mol. The first-order valence-corrected chi connectivity index (χ1v) is 2.76. The summed E-state index contributed by atoms with van der Waals surface area (Å²) in [6.07, 6.45) is 0. The van der Waals surface area contributed by atoms with Crippen LogP contribution in [-0.4, -0.2) is 15.9 Å². The third kappa shape index (κ3) is 1.26. The molecule has 0 heterocycles. The van der Waals surface area contributed by atoms with E-state index >= 15 is 0 Å². The van der Waals surface area contributed by atoms with Crippen LogP contribution in [0.15, 0.2) is 18.2 Å². The monoisotopic (exact) mass is 129 g/mol. The molecule has 1 aromatic rings. The molecule has 10 heavy (non-hydrogen) atoms. The summed E-state index contributed by atoms with van der Waals surface area (Å²) in [4.78, 5) is 0. The van der Waals surface area contributed by atoms with Gasteiger partial charge in [-0.1, -0.05) is 5.46 Å². The van der Waals surface area contributed by atoms with Crippen molar-refractivity contribution in [3.05, 3.63) is 18.2 Å². The van der Waals surface area contributed by atoms with E-state index in [1.165, 1.54) is 0 Å². The molecular formula is C6H5B2NO. The van der Waals surface area contributed by atoms with Crippen LogP contribution >= 0.6 is 0 Å². The first kappa shape index (κ1) is 7.06. The number of benzene rings is 1. The van der Waals surface area contributed by atoms with Crippen molar-refractivity contribution in [2.24, 2.45) is 0 Å². The van der Waals surface area contributed by atoms with Crippen molar-refractivity contribution in [1.82, 2.24) is 0 Å². The average Bonchev–Trinajstić information content (AvgIpc) is 1.88. The second-order valence-corrected chi connectivity index (χ2v) is 1.92. The minimum absolute atomic E-state index is 0.439. The number of hydrogen-bond acceptors (Lipinski definition) is 2. The Morgan fingerprint density at radius 2 is 2.10 bits per heavy atom. The Morgan fingerprint density at radius 3 is 2.60 bits per heavy atom. The van der Waals surface area contributed by atoms with E-state index in [4.69, 9.17) is 21.6 Å². The SMILES string of the molecule is [B]Oc1ccc(N)cc1[B]. The highest BCUT2D eigenvalue weighted by Gasteiger charge is 1.94. The van der Waals surface area contributed by atoms with Gasteiger partial charge in [0.15, 0.2) is 0 Å². The normalized spacial score (nSPS) is 9.20. The topological polar surface area (TPSA) is 35.2 Å². The Hall–Kier alpha value is -1.05. The van der Waals surface area contributed by atoms with Crippen molar-refractivity contribution in [2.45, 2.75) is 0 Å². The highest BCUT2D eigenvalue weighted by Crippen LogP contribution is 2.07. The van der Waals surface area contributed by atoms with E-state index in [1.54, 1.807) is 18.2 Å². The van der Waals surface area contributed by atoms with Crippen molar-refractivity contribution in [3.8, 4) is 5.75 Å². The lowest BCUT2D eigenvalue weighted by atomic mass is 9.94. The third-order valence-electron chi connectivity index (χ3n) is 1.16.